The number of unbranched alkanes of at least 4 members (excludes halogenated alkanes) is 2. The molecule has 6 N–H and O–H groups in total. The molecule has 1 aromatic carbocycles. The van der Waals surface area contributed by atoms with Crippen molar-refractivity contribution in [3.8, 4) is 0 Å². The SMILES string of the molecule is CCCCCNc1nc(N)nc2ccn(Cc3ccc(CN4CCN(CCN5C(=O)CC(SC[C@H](N)C(=O)O)C5=O)CC4)cc3C)c12. The van der Waals surface area contributed by atoms with Crippen molar-refractivity contribution in [2.24, 2.45) is 5.73 Å². The summed E-state index contributed by atoms with van der Waals surface area (Å²) < 4.78 is 2.19. The highest BCUT2D eigenvalue weighted by atomic mass is 32.2. The molecule has 2 aliphatic rings. The minimum absolute atomic E-state index is 0.102. The molecule has 4 heterocycles. The predicted molar refractivity (Wildman–Crippen MR) is 185 cm³/mol. The van der Waals surface area contributed by atoms with E-state index in [-0.39, 0.29) is 29.9 Å². The monoisotopic (exact) mass is 665 g/mol. The molecule has 5 rings (SSSR count). The molecule has 1 unspecified atom stereocenters. The van der Waals surface area contributed by atoms with E-state index in [1.54, 1.807) is 0 Å². The van der Waals surface area contributed by atoms with Gasteiger partial charge in [-0.2, -0.15) is 4.98 Å². The van der Waals surface area contributed by atoms with E-state index < -0.39 is 17.3 Å². The van der Waals surface area contributed by atoms with Crippen molar-refractivity contribution < 1.29 is 19.5 Å². The summed E-state index contributed by atoms with van der Waals surface area (Å²) in [4.78, 5) is 51.2. The molecule has 0 bridgehead atoms. The number of nitrogen functional groups attached to an aromatic ring is 1. The normalized spacial score (nSPS) is 18.4. The fraction of sp³-hybridized carbons (Fsp3) is 0.545. The van der Waals surface area contributed by atoms with Crippen molar-refractivity contribution in [1.82, 2.24) is 29.2 Å². The highest BCUT2D eigenvalue weighted by Gasteiger charge is 2.39. The molecule has 2 saturated heterocycles. The van der Waals surface area contributed by atoms with E-state index in [1.807, 2.05) is 12.3 Å². The number of imide groups is 1. The van der Waals surface area contributed by atoms with Crippen LogP contribution in [0.5, 0.6) is 0 Å². The molecule has 0 spiro atoms. The lowest BCUT2D eigenvalue weighted by molar-refractivity contribution is -0.139. The van der Waals surface area contributed by atoms with Crippen LogP contribution in [-0.2, 0) is 27.5 Å². The van der Waals surface area contributed by atoms with Gasteiger partial charge in [0.05, 0.1) is 10.8 Å². The fourth-order valence-electron chi connectivity index (χ4n) is 6.16. The summed E-state index contributed by atoms with van der Waals surface area (Å²) in [5, 5.41) is 11.9. The largest absolute Gasteiger partial charge is 0.480 e. The van der Waals surface area contributed by atoms with E-state index in [2.05, 4.69) is 61.7 Å². The zero-order valence-electron chi connectivity index (χ0n) is 27.4. The molecule has 0 aliphatic carbocycles. The zero-order chi connectivity index (χ0) is 33.5. The van der Waals surface area contributed by atoms with Gasteiger partial charge in [0.2, 0.25) is 17.8 Å². The number of rotatable bonds is 16. The second kappa shape index (κ2) is 15.9. The average molecular weight is 666 g/mol. The summed E-state index contributed by atoms with van der Waals surface area (Å²) in [5.74, 6) is -0.390. The van der Waals surface area contributed by atoms with Crippen LogP contribution >= 0.6 is 11.8 Å². The number of carboxylic acids is 1. The summed E-state index contributed by atoms with van der Waals surface area (Å²) >= 11 is 1.15. The molecule has 2 atom stereocenters. The third-order valence-electron chi connectivity index (χ3n) is 8.96. The number of aliphatic carboxylic acids is 1. The lowest BCUT2D eigenvalue weighted by atomic mass is 10.0. The molecule has 13 nitrogen and oxygen atoms in total. The van der Waals surface area contributed by atoms with E-state index in [0.29, 0.717) is 19.6 Å². The van der Waals surface area contributed by atoms with Gasteiger partial charge in [-0.15, -0.1) is 11.8 Å². The summed E-state index contributed by atoms with van der Waals surface area (Å²) in [6.45, 7) is 11.3. The van der Waals surface area contributed by atoms with Crippen LogP contribution in [0.25, 0.3) is 11.0 Å². The third-order valence-corrected chi connectivity index (χ3v) is 10.3. The van der Waals surface area contributed by atoms with Gasteiger partial charge in [-0.05, 0) is 36.1 Å². The first-order valence-corrected chi connectivity index (χ1v) is 17.5. The van der Waals surface area contributed by atoms with Crippen LogP contribution in [0.3, 0.4) is 0 Å². The lowest BCUT2D eigenvalue weighted by Gasteiger charge is -2.35. The highest BCUT2D eigenvalue weighted by Crippen LogP contribution is 2.27. The van der Waals surface area contributed by atoms with Gasteiger partial charge in [0.15, 0.2) is 5.82 Å². The predicted octanol–water partition coefficient (Wildman–Crippen LogP) is 2.36. The Balaban J connectivity index is 1.10. The zero-order valence-corrected chi connectivity index (χ0v) is 28.2. The van der Waals surface area contributed by atoms with Gasteiger partial charge in [0.1, 0.15) is 11.6 Å². The number of nitrogens with two attached hydrogens (primary N) is 2. The van der Waals surface area contributed by atoms with E-state index in [9.17, 15) is 14.4 Å². The van der Waals surface area contributed by atoms with Crippen molar-refractivity contribution in [1.29, 1.82) is 0 Å². The van der Waals surface area contributed by atoms with E-state index >= 15 is 0 Å². The van der Waals surface area contributed by atoms with Crippen molar-refractivity contribution in [2.75, 3.05) is 62.6 Å². The van der Waals surface area contributed by atoms with Crippen LogP contribution < -0.4 is 16.8 Å². The summed E-state index contributed by atoms with van der Waals surface area (Å²) in [6, 6.07) is 7.64. The first kappa shape index (κ1) is 34.6. The minimum Gasteiger partial charge on any atom is -0.480 e. The maximum atomic E-state index is 12.8. The second-order valence-electron chi connectivity index (χ2n) is 12.5. The Morgan fingerprint density at radius 1 is 1.09 bits per heavy atom. The van der Waals surface area contributed by atoms with Gasteiger partial charge in [-0.3, -0.25) is 29.1 Å². The molecule has 3 aromatic rings. The number of amides is 2. The van der Waals surface area contributed by atoms with E-state index in [4.69, 9.17) is 16.6 Å². The number of fused-ring (bicyclic) bond motifs is 1. The molecule has 14 heteroatoms. The summed E-state index contributed by atoms with van der Waals surface area (Å²) in [7, 11) is 0. The highest BCUT2D eigenvalue weighted by molar-refractivity contribution is 8.00. The van der Waals surface area contributed by atoms with Gasteiger partial charge in [0.25, 0.3) is 0 Å². The number of carbonyl (C=O) groups excluding carboxylic acids is 2. The molecule has 254 valence electrons. The number of aromatic nitrogens is 3. The molecule has 0 radical (unpaired) electrons. The fourth-order valence-corrected chi connectivity index (χ4v) is 7.27. The Morgan fingerprint density at radius 2 is 1.85 bits per heavy atom. The van der Waals surface area contributed by atoms with Crippen molar-refractivity contribution in [3.05, 3.63) is 47.2 Å². The number of anilines is 2. The number of carbonyl (C=O) groups is 3. The first-order valence-electron chi connectivity index (χ1n) is 16.5. The Hall–Kier alpha value is -3.72. The van der Waals surface area contributed by atoms with Crippen molar-refractivity contribution in [2.45, 2.75) is 63.9 Å². The molecular weight excluding hydrogens is 618 g/mol. The maximum absolute atomic E-state index is 12.8. The molecule has 2 aromatic heterocycles. The van der Waals surface area contributed by atoms with Crippen molar-refractivity contribution in [3.63, 3.8) is 0 Å². The number of nitrogens with one attached hydrogen (secondary N) is 1. The van der Waals surface area contributed by atoms with Crippen LogP contribution in [0.1, 0.15) is 49.3 Å². The van der Waals surface area contributed by atoms with E-state index in [0.717, 1.165) is 87.1 Å². The van der Waals surface area contributed by atoms with Crippen LogP contribution in [0.15, 0.2) is 30.5 Å². The number of thioether (sulfide) groups is 1. The maximum Gasteiger partial charge on any atom is 0.321 e. The van der Waals surface area contributed by atoms with Gasteiger partial charge in [0, 0.05) is 77.3 Å². The van der Waals surface area contributed by atoms with E-state index in [1.165, 1.54) is 21.6 Å². The number of aryl methyl sites for hydroxylation is 1. The Bertz CT molecular complexity index is 1570. The standard InChI is InChI=1S/C33H47N9O4S/c1-3-4-5-9-36-30-29-26(37-33(35)38-30)8-10-41(29)20-24-7-6-23(17-22(24)2)19-40-13-11-39(12-14-40)15-16-42-28(43)18-27(31(42)44)47-21-25(34)32(45)46/h6-8,10,17,25,27H,3-5,9,11-16,18-21,34H2,1-2H3,(H,45,46)(H3,35,36,37,38)/t25-,27?/m0/s1. The van der Waals surface area contributed by atoms with Gasteiger partial charge in [-0.1, -0.05) is 38.0 Å². The van der Waals surface area contributed by atoms with Crippen LogP contribution in [0.2, 0.25) is 0 Å². The number of piperazine rings is 1. The minimum atomic E-state index is -1.11. The van der Waals surface area contributed by atoms with Gasteiger partial charge in [-0.25, -0.2) is 4.98 Å². The van der Waals surface area contributed by atoms with Gasteiger partial charge < -0.3 is 26.5 Å². The Kier molecular flexibility index (Phi) is 11.7. The Labute approximate surface area is 280 Å². The molecular formula is C33H47N9O4S. The molecule has 2 amide bonds. The average Bonchev–Trinajstić information content (AvgIpc) is 3.57. The van der Waals surface area contributed by atoms with Crippen molar-refractivity contribution >= 4 is 52.3 Å². The quantitative estimate of drug-likeness (QED) is 0.130. The number of nitrogens with zero attached hydrogens (tertiary/aromatic N) is 6. The third kappa shape index (κ3) is 8.80. The number of likely N-dealkylation sites (tertiary alicyclic amines) is 1. The number of hydrogen-bond acceptors (Lipinski definition) is 11. The molecule has 0 saturated carbocycles. The number of hydrogen-bond donors (Lipinski definition) is 4. The van der Waals surface area contributed by atoms with Crippen LogP contribution in [-0.4, -0.2) is 115 Å². The van der Waals surface area contributed by atoms with Gasteiger partial charge >= 0.3 is 5.97 Å². The molecule has 2 aliphatic heterocycles. The number of benzene rings is 1. The molecule has 47 heavy (non-hydrogen) atoms. The van der Waals surface area contributed by atoms with Crippen LogP contribution in [0, 0.1) is 6.92 Å². The topological polar surface area (TPSA) is 176 Å². The second-order valence-corrected chi connectivity index (χ2v) is 13.7. The summed E-state index contributed by atoms with van der Waals surface area (Å²) in [5.41, 5.74) is 17.1. The smallest absolute Gasteiger partial charge is 0.321 e. The number of carboxylic acid groups (broad SMARTS) is 1. The molecule has 2 fully saturated rings. The lowest BCUT2D eigenvalue weighted by Crippen LogP contribution is -2.48. The first-order chi connectivity index (χ1) is 22.6. The Morgan fingerprint density at radius 3 is 2.57 bits per heavy atom. The van der Waals surface area contributed by atoms with Crippen LogP contribution in [0.4, 0.5) is 11.8 Å². The summed E-state index contributed by atoms with van der Waals surface area (Å²) in [6.07, 6.45) is 5.55.